The Balaban J connectivity index is 2.04. The average molecular weight is 350 g/mol. The van der Waals surface area contributed by atoms with Crippen LogP contribution in [0.3, 0.4) is 0 Å². The van der Waals surface area contributed by atoms with Gasteiger partial charge in [0.25, 0.3) is 0 Å². The van der Waals surface area contributed by atoms with Crippen LogP contribution in [-0.4, -0.2) is 24.7 Å². The Labute approximate surface area is 145 Å². The maximum absolute atomic E-state index is 12.4. The Morgan fingerprint density at radius 2 is 1.67 bits per heavy atom. The Hall–Kier alpha value is -1.66. The molecular weight excluding hydrogens is 322 g/mol. The van der Waals surface area contributed by atoms with Gasteiger partial charge < -0.3 is 0 Å². The van der Waals surface area contributed by atoms with Crippen LogP contribution in [0.4, 0.5) is 0 Å². The molecule has 0 atom stereocenters. The molecule has 132 valence electrons. The Bertz CT molecular complexity index is 813. The van der Waals surface area contributed by atoms with E-state index in [9.17, 15) is 8.42 Å². The van der Waals surface area contributed by atoms with Crippen LogP contribution in [0.1, 0.15) is 43.3 Å². The molecule has 6 heteroatoms. The van der Waals surface area contributed by atoms with Gasteiger partial charge in [-0.25, -0.2) is 13.1 Å². The maximum atomic E-state index is 12.4. The highest BCUT2D eigenvalue weighted by molar-refractivity contribution is 7.89. The van der Waals surface area contributed by atoms with Crippen molar-refractivity contribution >= 4 is 10.0 Å². The number of nitrogens with zero attached hydrogens (tertiary/aromatic N) is 2. The molecule has 0 spiro atoms. The Morgan fingerprint density at radius 1 is 1.08 bits per heavy atom. The van der Waals surface area contributed by atoms with Crippen LogP contribution in [0.25, 0.3) is 0 Å². The first-order valence-corrected chi connectivity index (χ1v) is 9.61. The zero-order chi connectivity index (χ0) is 18.1. The van der Waals surface area contributed by atoms with Crippen LogP contribution in [0.5, 0.6) is 0 Å². The molecule has 5 nitrogen and oxygen atoms in total. The molecule has 1 N–H and O–H groups in total. The topological polar surface area (TPSA) is 64.0 Å². The molecule has 0 aliphatic carbocycles. The minimum absolute atomic E-state index is 0.00304. The lowest BCUT2D eigenvalue weighted by molar-refractivity contribution is 0.553. The predicted molar refractivity (Wildman–Crippen MR) is 96.8 cm³/mol. The van der Waals surface area contributed by atoms with Gasteiger partial charge in [-0.2, -0.15) is 5.10 Å². The highest BCUT2D eigenvalue weighted by Gasteiger charge is 2.17. The van der Waals surface area contributed by atoms with Crippen LogP contribution in [0, 0.1) is 20.8 Å². The van der Waals surface area contributed by atoms with Gasteiger partial charge in [-0.1, -0.05) is 32.9 Å². The monoisotopic (exact) mass is 349 g/mol. The second kappa shape index (κ2) is 6.69. The second-order valence-electron chi connectivity index (χ2n) is 7.19. The first-order chi connectivity index (χ1) is 11.0. The highest BCUT2D eigenvalue weighted by Crippen LogP contribution is 2.23. The van der Waals surface area contributed by atoms with E-state index in [1.54, 1.807) is 12.1 Å². The third-order valence-electron chi connectivity index (χ3n) is 4.39. The molecule has 2 rings (SSSR count). The lowest BCUT2D eigenvalue weighted by Crippen LogP contribution is -2.28. The summed E-state index contributed by atoms with van der Waals surface area (Å²) in [7, 11) is -3.50. The number of hydrogen-bond acceptors (Lipinski definition) is 3. The molecule has 0 aliphatic heterocycles. The SMILES string of the molecule is Cc1nn(CCNS(=O)(=O)c2ccc(C(C)(C)C)cc2)c(C)c1C. The van der Waals surface area contributed by atoms with E-state index < -0.39 is 10.0 Å². The summed E-state index contributed by atoms with van der Waals surface area (Å²) in [5, 5.41) is 4.42. The van der Waals surface area contributed by atoms with Crippen molar-refractivity contribution in [1.82, 2.24) is 14.5 Å². The van der Waals surface area contributed by atoms with Gasteiger partial charge in [0.1, 0.15) is 0 Å². The summed E-state index contributed by atoms with van der Waals surface area (Å²) in [4.78, 5) is 0.292. The summed E-state index contributed by atoms with van der Waals surface area (Å²) in [6.45, 7) is 13.1. The third kappa shape index (κ3) is 4.05. The Morgan fingerprint density at radius 3 is 2.12 bits per heavy atom. The van der Waals surface area contributed by atoms with Gasteiger partial charge in [-0.3, -0.25) is 4.68 Å². The number of hydrogen-bond donors (Lipinski definition) is 1. The molecule has 0 bridgehead atoms. The smallest absolute Gasteiger partial charge is 0.240 e. The minimum atomic E-state index is -3.50. The molecule has 0 unspecified atom stereocenters. The van der Waals surface area contributed by atoms with Gasteiger partial charge in [-0.15, -0.1) is 0 Å². The van der Waals surface area contributed by atoms with Crippen LogP contribution < -0.4 is 4.72 Å². The summed E-state index contributed by atoms with van der Waals surface area (Å²) in [6, 6.07) is 7.07. The quantitative estimate of drug-likeness (QED) is 0.902. The van der Waals surface area contributed by atoms with Gasteiger partial charge >= 0.3 is 0 Å². The zero-order valence-corrected chi connectivity index (χ0v) is 16.2. The summed E-state index contributed by atoms with van der Waals surface area (Å²) >= 11 is 0. The van der Waals surface area contributed by atoms with Crippen molar-refractivity contribution in [2.75, 3.05) is 6.54 Å². The molecule has 24 heavy (non-hydrogen) atoms. The molecule has 0 saturated heterocycles. The van der Waals surface area contributed by atoms with Crippen molar-refractivity contribution in [2.45, 2.75) is 58.4 Å². The largest absolute Gasteiger partial charge is 0.268 e. The first-order valence-electron chi connectivity index (χ1n) is 8.13. The normalized spacial score (nSPS) is 12.6. The predicted octanol–water partition coefficient (Wildman–Crippen LogP) is 3.08. The fourth-order valence-electron chi connectivity index (χ4n) is 2.51. The van der Waals surface area contributed by atoms with Crippen LogP contribution in [0.15, 0.2) is 29.2 Å². The molecule has 0 fully saturated rings. The molecule has 1 heterocycles. The van der Waals surface area contributed by atoms with Crippen molar-refractivity contribution in [3.63, 3.8) is 0 Å². The first kappa shape index (κ1) is 18.7. The lowest BCUT2D eigenvalue weighted by Gasteiger charge is -2.19. The standard InChI is InChI=1S/C18H27N3O2S/c1-13-14(2)20-21(15(13)3)12-11-19-24(22,23)17-9-7-16(8-10-17)18(4,5)6/h7-10,19H,11-12H2,1-6H3. The number of aryl methyl sites for hydroxylation is 1. The second-order valence-corrected chi connectivity index (χ2v) is 8.96. The molecule has 1 aromatic heterocycles. The Kier molecular flexibility index (Phi) is 5.20. The van der Waals surface area contributed by atoms with Crippen molar-refractivity contribution in [1.29, 1.82) is 0 Å². The van der Waals surface area contributed by atoms with Crippen LogP contribution >= 0.6 is 0 Å². The van der Waals surface area contributed by atoms with E-state index in [1.165, 1.54) is 0 Å². The van der Waals surface area contributed by atoms with E-state index in [0.717, 1.165) is 22.5 Å². The van der Waals surface area contributed by atoms with Crippen molar-refractivity contribution in [2.24, 2.45) is 0 Å². The summed E-state index contributed by atoms with van der Waals surface area (Å²) < 4.78 is 29.3. The number of nitrogens with one attached hydrogen (secondary N) is 1. The fourth-order valence-corrected chi connectivity index (χ4v) is 3.53. The molecule has 1 aromatic carbocycles. The van der Waals surface area contributed by atoms with Gasteiger partial charge in [0.15, 0.2) is 0 Å². The third-order valence-corrected chi connectivity index (χ3v) is 5.87. The van der Waals surface area contributed by atoms with E-state index in [2.05, 4.69) is 30.6 Å². The van der Waals surface area contributed by atoms with Crippen molar-refractivity contribution < 1.29 is 8.42 Å². The fraction of sp³-hybridized carbons (Fsp3) is 0.500. The minimum Gasteiger partial charge on any atom is -0.268 e. The molecule has 2 aromatic rings. The number of aromatic nitrogens is 2. The van der Waals surface area contributed by atoms with Gasteiger partial charge in [0.2, 0.25) is 10.0 Å². The van der Waals surface area contributed by atoms with Gasteiger partial charge in [0, 0.05) is 12.2 Å². The van der Waals surface area contributed by atoms with Crippen LogP contribution in [-0.2, 0) is 22.0 Å². The summed E-state index contributed by atoms with van der Waals surface area (Å²) in [6.07, 6.45) is 0. The average Bonchev–Trinajstić information content (AvgIpc) is 2.74. The number of benzene rings is 1. The highest BCUT2D eigenvalue weighted by atomic mass is 32.2. The number of rotatable bonds is 5. The van der Waals surface area contributed by atoms with Gasteiger partial charge in [0.05, 0.1) is 17.1 Å². The number of sulfonamides is 1. The van der Waals surface area contributed by atoms with E-state index in [0.29, 0.717) is 18.0 Å². The van der Waals surface area contributed by atoms with E-state index in [4.69, 9.17) is 0 Å². The molecule has 0 saturated carbocycles. The summed E-state index contributed by atoms with van der Waals surface area (Å²) in [5.74, 6) is 0. The van der Waals surface area contributed by atoms with E-state index in [1.807, 2.05) is 37.6 Å². The molecule has 0 amide bonds. The van der Waals surface area contributed by atoms with Crippen molar-refractivity contribution in [3.05, 3.63) is 46.8 Å². The van der Waals surface area contributed by atoms with E-state index in [-0.39, 0.29) is 5.41 Å². The maximum Gasteiger partial charge on any atom is 0.240 e. The summed E-state index contributed by atoms with van der Waals surface area (Å²) in [5.41, 5.74) is 4.31. The van der Waals surface area contributed by atoms with Crippen LogP contribution in [0.2, 0.25) is 0 Å². The van der Waals surface area contributed by atoms with Gasteiger partial charge in [-0.05, 0) is 49.4 Å². The van der Waals surface area contributed by atoms with Crippen molar-refractivity contribution in [3.8, 4) is 0 Å². The molecular formula is C18H27N3O2S. The van der Waals surface area contributed by atoms with E-state index >= 15 is 0 Å². The zero-order valence-electron chi connectivity index (χ0n) is 15.3. The molecule has 0 aliphatic rings. The lowest BCUT2D eigenvalue weighted by atomic mass is 9.87. The molecule has 0 radical (unpaired) electrons.